The van der Waals surface area contributed by atoms with Crippen LogP contribution < -0.4 is 4.74 Å². The third-order valence-corrected chi connectivity index (χ3v) is 3.33. The molecule has 0 amide bonds. The van der Waals surface area contributed by atoms with Crippen molar-refractivity contribution in [2.24, 2.45) is 0 Å². The number of fused-ring (bicyclic) bond motifs is 1. The predicted molar refractivity (Wildman–Crippen MR) is 65.4 cm³/mol. The van der Waals surface area contributed by atoms with Crippen molar-refractivity contribution in [3.63, 3.8) is 0 Å². The van der Waals surface area contributed by atoms with E-state index in [-0.39, 0.29) is 18.2 Å². The molecule has 7 heteroatoms. The number of aromatic nitrogens is 2. The third kappa shape index (κ3) is 2.06. The van der Waals surface area contributed by atoms with Crippen LogP contribution in [0.25, 0.3) is 4.96 Å². The van der Waals surface area contributed by atoms with Crippen molar-refractivity contribution in [3.8, 4) is 11.6 Å². The highest BCUT2D eigenvalue weighted by atomic mass is 32.1. The van der Waals surface area contributed by atoms with Crippen LogP contribution in [-0.4, -0.2) is 14.5 Å². The number of rotatable bonds is 3. The summed E-state index contributed by atoms with van der Waals surface area (Å²) in [5, 5.41) is 11.1. The maximum absolute atomic E-state index is 13.5. The van der Waals surface area contributed by atoms with E-state index in [1.165, 1.54) is 17.4 Å². The van der Waals surface area contributed by atoms with E-state index in [9.17, 15) is 13.9 Å². The van der Waals surface area contributed by atoms with Gasteiger partial charge in [0.15, 0.2) is 16.5 Å². The molecule has 3 aromatic rings. The van der Waals surface area contributed by atoms with Crippen molar-refractivity contribution < 1.29 is 18.6 Å². The van der Waals surface area contributed by atoms with E-state index in [0.717, 1.165) is 12.1 Å². The topological polar surface area (TPSA) is 46.8 Å². The Bertz CT molecular complexity index is 738. The van der Waals surface area contributed by atoms with Crippen molar-refractivity contribution in [1.82, 2.24) is 9.38 Å². The molecule has 2 heterocycles. The lowest BCUT2D eigenvalue weighted by Crippen LogP contribution is -1.95. The Hall–Kier alpha value is -1.99. The van der Waals surface area contributed by atoms with Gasteiger partial charge >= 0.3 is 0 Å². The molecule has 0 bridgehead atoms. The number of ether oxygens (including phenoxy) is 1. The van der Waals surface area contributed by atoms with Crippen LogP contribution in [0.2, 0.25) is 0 Å². The Morgan fingerprint density at radius 3 is 2.95 bits per heavy atom. The van der Waals surface area contributed by atoms with Gasteiger partial charge in [-0.25, -0.2) is 8.78 Å². The summed E-state index contributed by atoms with van der Waals surface area (Å²) in [6.07, 6.45) is 1.73. The smallest absolute Gasteiger partial charge is 0.244 e. The minimum atomic E-state index is -0.819. The van der Waals surface area contributed by atoms with Gasteiger partial charge in [-0.2, -0.15) is 4.98 Å². The highest BCUT2D eigenvalue weighted by molar-refractivity contribution is 7.15. The molecule has 2 aromatic heterocycles. The van der Waals surface area contributed by atoms with Crippen LogP contribution in [0.4, 0.5) is 8.78 Å². The SMILES string of the molecule is OCc1c(Oc2ccc(F)cc2F)nc2sccn12. The molecular formula is C12H8F2N2O2S. The summed E-state index contributed by atoms with van der Waals surface area (Å²) in [6, 6.07) is 3.00. The Labute approximate surface area is 110 Å². The molecule has 0 radical (unpaired) electrons. The van der Waals surface area contributed by atoms with Gasteiger partial charge in [-0.15, -0.1) is 11.3 Å². The van der Waals surface area contributed by atoms with E-state index in [2.05, 4.69) is 4.98 Å². The molecule has 4 nitrogen and oxygen atoms in total. The highest BCUT2D eigenvalue weighted by Gasteiger charge is 2.16. The van der Waals surface area contributed by atoms with Crippen molar-refractivity contribution in [3.05, 3.63) is 47.1 Å². The molecule has 0 aliphatic rings. The number of aliphatic hydroxyl groups excluding tert-OH is 1. The number of benzene rings is 1. The second-order valence-corrected chi connectivity index (χ2v) is 4.63. The van der Waals surface area contributed by atoms with Crippen LogP contribution in [0.5, 0.6) is 11.6 Å². The molecule has 0 saturated carbocycles. The minimum absolute atomic E-state index is 0.111. The van der Waals surface area contributed by atoms with Crippen LogP contribution >= 0.6 is 11.3 Å². The van der Waals surface area contributed by atoms with Crippen molar-refractivity contribution in [2.45, 2.75) is 6.61 Å². The lowest BCUT2D eigenvalue weighted by Gasteiger charge is -2.05. The molecule has 0 saturated heterocycles. The average molecular weight is 282 g/mol. The first-order valence-corrected chi connectivity index (χ1v) is 6.25. The van der Waals surface area contributed by atoms with Crippen LogP contribution in [-0.2, 0) is 6.61 Å². The van der Waals surface area contributed by atoms with Crippen LogP contribution in [0.1, 0.15) is 5.69 Å². The van der Waals surface area contributed by atoms with Crippen LogP contribution in [0.15, 0.2) is 29.8 Å². The lowest BCUT2D eigenvalue weighted by atomic mass is 10.3. The van der Waals surface area contributed by atoms with E-state index >= 15 is 0 Å². The monoisotopic (exact) mass is 282 g/mol. The first kappa shape index (κ1) is 12.1. The van der Waals surface area contributed by atoms with E-state index in [1.54, 1.807) is 10.6 Å². The maximum atomic E-state index is 13.5. The summed E-state index contributed by atoms with van der Waals surface area (Å²) in [7, 11) is 0. The van der Waals surface area contributed by atoms with Gasteiger partial charge in [0.1, 0.15) is 11.5 Å². The van der Waals surface area contributed by atoms with Gasteiger partial charge in [-0.1, -0.05) is 0 Å². The fourth-order valence-electron chi connectivity index (χ4n) is 1.70. The molecule has 1 N–H and O–H groups in total. The molecule has 0 unspecified atom stereocenters. The molecule has 0 aliphatic carbocycles. The maximum Gasteiger partial charge on any atom is 0.244 e. The first-order chi connectivity index (χ1) is 9.19. The summed E-state index contributed by atoms with van der Waals surface area (Å²) in [5.41, 5.74) is 0.417. The number of nitrogens with zero attached hydrogens (tertiary/aromatic N) is 2. The van der Waals surface area contributed by atoms with Crippen molar-refractivity contribution >= 4 is 16.3 Å². The molecule has 0 atom stereocenters. The number of hydrogen-bond donors (Lipinski definition) is 1. The summed E-state index contributed by atoms with van der Waals surface area (Å²) in [5.74, 6) is -1.53. The quantitative estimate of drug-likeness (QED) is 0.803. The van der Waals surface area contributed by atoms with Gasteiger partial charge in [0.25, 0.3) is 0 Å². The molecular weight excluding hydrogens is 274 g/mol. The van der Waals surface area contributed by atoms with Gasteiger partial charge < -0.3 is 9.84 Å². The molecule has 0 fully saturated rings. The van der Waals surface area contributed by atoms with E-state index < -0.39 is 11.6 Å². The molecule has 19 heavy (non-hydrogen) atoms. The zero-order valence-corrected chi connectivity index (χ0v) is 10.3. The zero-order valence-electron chi connectivity index (χ0n) is 9.51. The van der Waals surface area contributed by atoms with Gasteiger partial charge in [-0.05, 0) is 12.1 Å². The summed E-state index contributed by atoms with van der Waals surface area (Å²) in [4.78, 5) is 4.77. The second kappa shape index (κ2) is 4.60. The summed E-state index contributed by atoms with van der Waals surface area (Å²) < 4.78 is 33.2. The number of imidazole rings is 1. The Morgan fingerprint density at radius 1 is 1.37 bits per heavy atom. The normalized spacial score (nSPS) is 11.1. The van der Waals surface area contributed by atoms with Crippen molar-refractivity contribution in [1.29, 1.82) is 0 Å². The number of thiazole rings is 1. The highest BCUT2D eigenvalue weighted by Crippen LogP contribution is 2.29. The van der Waals surface area contributed by atoms with Gasteiger partial charge in [0, 0.05) is 17.6 Å². The molecule has 1 aromatic carbocycles. The average Bonchev–Trinajstić information content (AvgIpc) is 2.92. The fraction of sp³-hybridized carbons (Fsp3) is 0.0833. The third-order valence-electron chi connectivity index (χ3n) is 2.57. The summed E-state index contributed by atoms with van der Waals surface area (Å²) >= 11 is 1.36. The Kier molecular flexibility index (Phi) is 2.92. The van der Waals surface area contributed by atoms with Crippen LogP contribution in [0.3, 0.4) is 0 Å². The lowest BCUT2D eigenvalue weighted by molar-refractivity contribution is 0.269. The molecule has 0 spiro atoms. The minimum Gasteiger partial charge on any atom is -0.434 e. The number of aliphatic hydroxyl groups is 1. The van der Waals surface area contributed by atoms with Crippen molar-refractivity contribution in [2.75, 3.05) is 0 Å². The number of halogens is 2. The van der Waals surface area contributed by atoms with Crippen LogP contribution in [0, 0.1) is 11.6 Å². The molecule has 0 aliphatic heterocycles. The van der Waals surface area contributed by atoms with Gasteiger partial charge in [0.05, 0.1) is 6.61 Å². The molecule has 3 rings (SSSR count). The largest absolute Gasteiger partial charge is 0.434 e. The van der Waals surface area contributed by atoms with Gasteiger partial charge in [0.2, 0.25) is 5.88 Å². The number of hydrogen-bond acceptors (Lipinski definition) is 4. The first-order valence-electron chi connectivity index (χ1n) is 5.37. The fourth-order valence-corrected chi connectivity index (χ4v) is 2.42. The summed E-state index contributed by atoms with van der Waals surface area (Å²) in [6.45, 7) is -0.296. The standard InChI is InChI=1S/C12H8F2N2O2S/c13-7-1-2-10(8(14)5-7)18-11-9(6-17)16-3-4-19-12(16)15-11/h1-5,17H,6H2. The second-order valence-electron chi connectivity index (χ2n) is 3.75. The Morgan fingerprint density at radius 2 is 2.21 bits per heavy atom. The van der Waals surface area contributed by atoms with E-state index in [0.29, 0.717) is 10.7 Å². The molecule has 98 valence electrons. The van der Waals surface area contributed by atoms with E-state index in [4.69, 9.17) is 4.74 Å². The van der Waals surface area contributed by atoms with Gasteiger partial charge in [-0.3, -0.25) is 4.40 Å². The Balaban J connectivity index is 2.02. The zero-order chi connectivity index (χ0) is 13.4. The van der Waals surface area contributed by atoms with E-state index in [1.807, 2.05) is 5.38 Å². The predicted octanol–water partition coefficient (Wildman–Crippen LogP) is 2.96.